The molecule has 4 rings (SSSR count). The van der Waals surface area contributed by atoms with Crippen LogP contribution < -0.4 is 0 Å². The van der Waals surface area contributed by atoms with E-state index < -0.39 is 0 Å². The molecule has 0 amide bonds. The summed E-state index contributed by atoms with van der Waals surface area (Å²) in [5, 5.41) is 0. The van der Waals surface area contributed by atoms with Crippen LogP contribution in [-0.4, -0.2) is 25.3 Å². The van der Waals surface area contributed by atoms with E-state index in [2.05, 4.69) is 13.8 Å². The zero-order valence-electron chi connectivity index (χ0n) is 17.1. The number of rotatable bonds is 4. The van der Waals surface area contributed by atoms with E-state index in [-0.39, 0.29) is 18.7 Å². The van der Waals surface area contributed by atoms with Crippen LogP contribution in [0, 0.1) is 34.5 Å². The third-order valence-corrected chi connectivity index (χ3v) is 9.14. The van der Waals surface area contributed by atoms with E-state index >= 15 is 0 Å². The molecule has 148 valence electrons. The van der Waals surface area contributed by atoms with Gasteiger partial charge in [-0.15, -0.1) is 0 Å². The van der Waals surface area contributed by atoms with Crippen LogP contribution in [0.15, 0.2) is 0 Å². The molecule has 0 unspecified atom stereocenters. The topological polar surface area (TPSA) is 35.5 Å². The van der Waals surface area contributed by atoms with Gasteiger partial charge in [-0.25, -0.2) is 4.79 Å². The lowest BCUT2D eigenvalue weighted by atomic mass is 9.45. The van der Waals surface area contributed by atoms with Gasteiger partial charge >= 0.3 is 5.97 Å². The molecule has 0 bridgehead atoms. The van der Waals surface area contributed by atoms with E-state index in [9.17, 15) is 4.79 Å². The normalized spacial score (nSPS) is 47.6. The Hall–Kier alpha value is -0.570. The van der Waals surface area contributed by atoms with Crippen molar-refractivity contribution in [3.8, 4) is 0 Å². The largest absolute Gasteiger partial charge is 0.464 e. The van der Waals surface area contributed by atoms with Crippen molar-refractivity contribution < 1.29 is 14.3 Å². The van der Waals surface area contributed by atoms with E-state index in [0.717, 1.165) is 36.5 Å². The fourth-order valence-electron chi connectivity index (χ4n) is 7.75. The van der Waals surface area contributed by atoms with Crippen LogP contribution in [-0.2, 0) is 14.3 Å². The van der Waals surface area contributed by atoms with Crippen LogP contribution in [0.4, 0.5) is 0 Å². The monoisotopic (exact) mass is 362 g/mol. The minimum atomic E-state index is -0.211. The first-order valence-corrected chi connectivity index (χ1v) is 11.2. The molecule has 0 N–H and O–H groups in total. The third kappa shape index (κ3) is 3.12. The molecule has 0 aromatic carbocycles. The van der Waals surface area contributed by atoms with E-state index in [4.69, 9.17) is 9.47 Å². The van der Waals surface area contributed by atoms with Crippen LogP contribution in [0.5, 0.6) is 0 Å². The zero-order valence-corrected chi connectivity index (χ0v) is 17.1. The number of fused-ring (bicyclic) bond motifs is 5. The first-order valence-electron chi connectivity index (χ1n) is 11.2. The van der Waals surface area contributed by atoms with Crippen molar-refractivity contribution >= 4 is 5.97 Å². The van der Waals surface area contributed by atoms with Gasteiger partial charge in [0.05, 0.1) is 12.7 Å². The van der Waals surface area contributed by atoms with Gasteiger partial charge in [0.15, 0.2) is 0 Å². The molecule has 26 heavy (non-hydrogen) atoms. The number of hydrogen-bond acceptors (Lipinski definition) is 3. The summed E-state index contributed by atoms with van der Waals surface area (Å²) in [6.45, 7) is 7.62. The Kier molecular flexibility index (Phi) is 5.14. The molecule has 7 atom stereocenters. The molecule has 0 radical (unpaired) electrons. The second-order valence-electron chi connectivity index (χ2n) is 10.3. The molecule has 0 aromatic rings. The smallest absolute Gasteiger partial charge is 0.332 e. The first kappa shape index (κ1) is 18.8. The predicted octanol–water partition coefficient (Wildman–Crippen LogP) is 5.37. The Morgan fingerprint density at radius 3 is 2.65 bits per heavy atom. The maximum atomic E-state index is 11.6. The highest BCUT2D eigenvalue weighted by Crippen LogP contribution is 2.66. The molecule has 3 heteroatoms. The molecule has 0 saturated heterocycles. The maximum absolute atomic E-state index is 11.6. The van der Waals surface area contributed by atoms with Crippen molar-refractivity contribution in [3.63, 3.8) is 0 Å². The SMILES string of the molecule is CCOC(=O)CO[C@H]1CC[C@@]2(C)[C@@H](CC[C@H]3[C@@H]4CCC[C@@]4(C)CC[C@@H]32)C1. The van der Waals surface area contributed by atoms with Crippen LogP contribution in [0.1, 0.15) is 85.0 Å². The maximum Gasteiger partial charge on any atom is 0.332 e. The van der Waals surface area contributed by atoms with Gasteiger partial charge in [-0.1, -0.05) is 20.3 Å². The van der Waals surface area contributed by atoms with E-state index in [1.165, 1.54) is 51.4 Å². The summed E-state index contributed by atoms with van der Waals surface area (Å²) in [5.74, 6) is 3.49. The van der Waals surface area contributed by atoms with Crippen molar-refractivity contribution in [1.82, 2.24) is 0 Å². The summed E-state index contributed by atoms with van der Waals surface area (Å²) < 4.78 is 11.0. The lowest BCUT2D eigenvalue weighted by Gasteiger charge is -2.60. The predicted molar refractivity (Wildman–Crippen MR) is 103 cm³/mol. The van der Waals surface area contributed by atoms with Gasteiger partial charge in [-0.2, -0.15) is 0 Å². The summed E-state index contributed by atoms with van der Waals surface area (Å²) in [7, 11) is 0. The van der Waals surface area contributed by atoms with Crippen molar-refractivity contribution in [1.29, 1.82) is 0 Å². The average molecular weight is 363 g/mol. The number of carbonyl (C=O) groups excluding carboxylic acids is 1. The lowest BCUT2D eigenvalue weighted by molar-refractivity contribution is -0.157. The van der Waals surface area contributed by atoms with Crippen LogP contribution in [0.3, 0.4) is 0 Å². The Bertz CT molecular complexity index is 532. The number of esters is 1. The summed E-state index contributed by atoms with van der Waals surface area (Å²) in [5.41, 5.74) is 1.17. The van der Waals surface area contributed by atoms with Crippen molar-refractivity contribution in [2.45, 2.75) is 91.1 Å². The van der Waals surface area contributed by atoms with Crippen LogP contribution in [0.25, 0.3) is 0 Å². The van der Waals surface area contributed by atoms with Gasteiger partial charge in [-0.3, -0.25) is 0 Å². The second-order valence-corrected chi connectivity index (χ2v) is 10.3. The molecule has 4 aliphatic rings. The fourth-order valence-corrected chi connectivity index (χ4v) is 7.75. The quantitative estimate of drug-likeness (QED) is 0.631. The van der Waals surface area contributed by atoms with Gasteiger partial charge < -0.3 is 9.47 Å². The van der Waals surface area contributed by atoms with E-state index in [0.29, 0.717) is 17.4 Å². The van der Waals surface area contributed by atoms with Crippen molar-refractivity contribution in [2.75, 3.05) is 13.2 Å². The Morgan fingerprint density at radius 1 is 1.00 bits per heavy atom. The lowest BCUT2D eigenvalue weighted by Crippen LogP contribution is -2.53. The highest BCUT2D eigenvalue weighted by molar-refractivity contribution is 5.70. The van der Waals surface area contributed by atoms with Crippen LogP contribution >= 0.6 is 0 Å². The zero-order chi connectivity index (χ0) is 18.4. The minimum Gasteiger partial charge on any atom is -0.464 e. The Labute approximate surface area is 159 Å². The van der Waals surface area contributed by atoms with Gasteiger partial charge in [0.1, 0.15) is 6.61 Å². The number of carbonyl (C=O) groups is 1. The number of hydrogen-bond donors (Lipinski definition) is 0. The molecule has 3 nitrogen and oxygen atoms in total. The van der Waals surface area contributed by atoms with E-state index in [1.54, 1.807) is 0 Å². The highest BCUT2D eigenvalue weighted by Gasteiger charge is 2.57. The fraction of sp³-hybridized carbons (Fsp3) is 0.957. The number of ether oxygens (including phenoxy) is 2. The molecule has 0 spiro atoms. The highest BCUT2D eigenvalue weighted by atomic mass is 16.6. The molecule has 4 aliphatic carbocycles. The summed E-state index contributed by atoms with van der Waals surface area (Å²) in [4.78, 5) is 11.6. The Balaban J connectivity index is 1.40. The third-order valence-electron chi connectivity index (χ3n) is 9.14. The van der Waals surface area contributed by atoms with Gasteiger partial charge in [0.25, 0.3) is 0 Å². The summed E-state index contributed by atoms with van der Waals surface area (Å²) >= 11 is 0. The minimum absolute atomic E-state index is 0.133. The van der Waals surface area contributed by atoms with E-state index in [1.807, 2.05) is 6.92 Å². The van der Waals surface area contributed by atoms with Gasteiger partial charge in [0.2, 0.25) is 0 Å². The van der Waals surface area contributed by atoms with Crippen molar-refractivity contribution in [3.05, 3.63) is 0 Å². The van der Waals surface area contributed by atoms with Gasteiger partial charge in [0, 0.05) is 0 Å². The molecular weight excluding hydrogens is 324 g/mol. The molecule has 4 saturated carbocycles. The molecule has 4 fully saturated rings. The summed E-state index contributed by atoms with van der Waals surface area (Å²) in [6.07, 6.45) is 14.0. The summed E-state index contributed by atoms with van der Waals surface area (Å²) in [6, 6.07) is 0. The molecule has 0 aromatic heterocycles. The average Bonchev–Trinajstić information content (AvgIpc) is 3.02. The first-order chi connectivity index (χ1) is 12.5. The molecule has 0 heterocycles. The van der Waals surface area contributed by atoms with Gasteiger partial charge in [-0.05, 0) is 99.2 Å². The molecule has 0 aliphatic heterocycles. The Morgan fingerprint density at radius 2 is 1.85 bits per heavy atom. The van der Waals surface area contributed by atoms with Crippen molar-refractivity contribution in [2.24, 2.45) is 34.5 Å². The standard InChI is InChI=1S/C23H38O3/c1-4-25-21(24)15-26-17-9-13-23(3)16(14-17)7-8-18-19-6-5-11-22(19,2)12-10-20(18)23/h16-20H,4-15H2,1-3H3/t16-,17-,18-,19-,20-,22-,23-/m0/s1. The second kappa shape index (κ2) is 7.11. The molecular formula is C23H38O3. The van der Waals surface area contributed by atoms with Crippen LogP contribution in [0.2, 0.25) is 0 Å².